The average Bonchev–Trinajstić information content (AvgIpc) is 2.92. The molecule has 0 heterocycles. The van der Waals surface area contributed by atoms with Crippen LogP contribution in [0.1, 0.15) is 56.6 Å². The van der Waals surface area contributed by atoms with E-state index in [1.54, 1.807) is 0 Å². The average molecular weight is 496 g/mol. The number of carboxylic acids is 1. The molecule has 0 spiro atoms. The zero-order valence-corrected chi connectivity index (χ0v) is 21.7. The van der Waals surface area contributed by atoms with Crippen molar-refractivity contribution >= 4 is 33.4 Å². The number of fused-ring (bicyclic) bond motifs is 2. The molecule has 0 aliphatic carbocycles. The van der Waals surface area contributed by atoms with E-state index in [0.29, 0.717) is 19.3 Å². The molecule has 0 aliphatic rings. The van der Waals surface area contributed by atoms with Crippen LogP contribution in [0, 0.1) is 5.92 Å². The van der Waals surface area contributed by atoms with Crippen molar-refractivity contribution in [3.8, 4) is 0 Å². The van der Waals surface area contributed by atoms with Crippen molar-refractivity contribution in [1.29, 1.82) is 0 Å². The highest BCUT2D eigenvalue weighted by Gasteiger charge is 2.26. The Balaban J connectivity index is 1.59. The summed E-state index contributed by atoms with van der Waals surface area (Å²) >= 11 is 0. The van der Waals surface area contributed by atoms with Crippen LogP contribution in [-0.2, 0) is 22.4 Å². The van der Waals surface area contributed by atoms with Crippen LogP contribution in [0.15, 0.2) is 84.9 Å². The maximum absolute atomic E-state index is 13.7. The molecule has 0 unspecified atom stereocenters. The van der Waals surface area contributed by atoms with Crippen molar-refractivity contribution in [2.45, 2.75) is 64.3 Å². The minimum Gasteiger partial charge on any atom is -0.480 e. The number of hydrogen-bond acceptors (Lipinski definition) is 2. The quantitative estimate of drug-likeness (QED) is 0.191. The second-order valence-electron chi connectivity index (χ2n) is 9.98. The van der Waals surface area contributed by atoms with Gasteiger partial charge in [0.2, 0.25) is 5.91 Å². The molecule has 0 bridgehead atoms. The van der Waals surface area contributed by atoms with Gasteiger partial charge in [-0.25, -0.2) is 4.79 Å². The number of nitrogens with one attached hydrogen (secondary N) is 1. The Bertz CT molecular complexity index is 1250. The Labute approximate surface area is 219 Å². The van der Waals surface area contributed by atoms with Gasteiger partial charge in [0.25, 0.3) is 0 Å². The van der Waals surface area contributed by atoms with E-state index in [-0.39, 0.29) is 5.91 Å². The highest BCUT2D eigenvalue weighted by molar-refractivity contribution is 5.90. The van der Waals surface area contributed by atoms with Crippen LogP contribution in [-0.4, -0.2) is 23.0 Å². The molecule has 37 heavy (non-hydrogen) atoms. The van der Waals surface area contributed by atoms with Gasteiger partial charge >= 0.3 is 5.97 Å². The summed E-state index contributed by atoms with van der Waals surface area (Å²) in [5.74, 6) is -1.54. The molecule has 0 aromatic heterocycles. The minimum absolute atomic E-state index is 0.193. The van der Waals surface area contributed by atoms with E-state index in [9.17, 15) is 14.7 Å². The molecule has 0 fully saturated rings. The first kappa shape index (κ1) is 26.4. The molecule has 4 nitrogen and oxygen atoms in total. The molecule has 0 aliphatic heterocycles. The van der Waals surface area contributed by atoms with Crippen molar-refractivity contribution in [3.63, 3.8) is 0 Å². The number of carboxylic acid groups (broad SMARTS) is 1. The highest BCUT2D eigenvalue weighted by atomic mass is 16.4. The first-order valence-electron chi connectivity index (χ1n) is 13.5. The summed E-state index contributed by atoms with van der Waals surface area (Å²) in [7, 11) is 0. The molecule has 1 atom stereocenters. The summed E-state index contributed by atoms with van der Waals surface area (Å²) in [6.45, 7) is 2.16. The third-order valence-corrected chi connectivity index (χ3v) is 7.27. The molecule has 0 saturated heterocycles. The number of unbranched alkanes of at least 4 members (excludes halogenated alkanes) is 4. The molecule has 0 radical (unpaired) electrons. The van der Waals surface area contributed by atoms with Gasteiger partial charge in [-0.15, -0.1) is 0 Å². The van der Waals surface area contributed by atoms with E-state index >= 15 is 0 Å². The van der Waals surface area contributed by atoms with E-state index in [4.69, 9.17) is 0 Å². The van der Waals surface area contributed by atoms with Crippen LogP contribution < -0.4 is 5.32 Å². The molecule has 192 valence electrons. The standard InChI is InChI=1S/C33H37NO3/c1-2-3-4-5-6-21-31(33(36)37)34-32(35)28(22-26-17-11-15-24-13-7-9-19-29(24)26)23-27-18-12-16-25-14-8-10-20-30(25)27/h7-20,28,31H,2-6,21-23H2,1H3,(H,34,35)(H,36,37)/t31-/m0/s1. The number of amides is 1. The smallest absolute Gasteiger partial charge is 0.326 e. The van der Waals surface area contributed by atoms with E-state index in [1.807, 2.05) is 36.4 Å². The third-order valence-electron chi connectivity index (χ3n) is 7.27. The Morgan fingerprint density at radius 3 is 1.76 bits per heavy atom. The Hall–Kier alpha value is -3.66. The van der Waals surface area contributed by atoms with Crippen LogP contribution in [0.2, 0.25) is 0 Å². The van der Waals surface area contributed by atoms with Gasteiger partial charge in [0, 0.05) is 5.92 Å². The van der Waals surface area contributed by atoms with Gasteiger partial charge in [0.1, 0.15) is 6.04 Å². The van der Waals surface area contributed by atoms with E-state index in [1.165, 1.54) is 0 Å². The number of hydrogen-bond donors (Lipinski definition) is 2. The molecule has 4 aromatic rings. The lowest BCUT2D eigenvalue weighted by molar-refractivity contribution is -0.142. The summed E-state index contributed by atoms with van der Waals surface area (Å²) in [4.78, 5) is 25.7. The normalized spacial score (nSPS) is 12.2. The monoisotopic (exact) mass is 495 g/mol. The Kier molecular flexibility index (Phi) is 9.31. The lowest BCUT2D eigenvalue weighted by Gasteiger charge is -2.22. The van der Waals surface area contributed by atoms with Crippen molar-refractivity contribution in [1.82, 2.24) is 5.32 Å². The molecule has 4 aromatic carbocycles. The number of rotatable bonds is 13. The van der Waals surface area contributed by atoms with Crippen molar-refractivity contribution in [3.05, 3.63) is 96.1 Å². The van der Waals surface area contributed by atoms with Crippen molar-refractivity contribution < 1.29 is 14.7 Å². The van der Waals surface area contributed by atoms with Gasteiger partial charge in [0.05, 0.1) is 0 Å². The zero-order chi connectivity index (χ0) is 26.0. The molecule has 1 amide bonds. The molecular formula is C33H37NO3. The second-order valence-corrected chi connectivity index (χ2v) is 9.98. The predicted molar refractivity (Wildman–Crippen MR) is 152 cm³/mol. The summed E-state index contributed by atoms with van der Waals surface area (Å²) in [6.07, 6.45) is 6.73. The first-order valence-corrected chi connectivity index (χ1v) is 13.5. The van der Waals surface area contributed by atoms with Gasteiger partial charge < -0.3 is 10.4 Å². The van der Waals surface area contributed by atoms with Gasteiger partial charge in [-0.2, -0.15) is 0 Å². The number of carbonyl (C=O) groups is 2. The van der Waals surface area contributed by atoms with E-state index in [0.717, 1.165) is 64.8 Å². The lowest BCUT2D eigenvalue weighted by Crippen LogP contribution is -2.44. The molecular weight excluding hydrogens is 458 g/mol. The first-order chi connectivity index (χ1) is 18.1. The third kappa shape index (κ3) is 6.97. The fourth-order valence-electron chi connectivity index (χ4n) is 5.23. The molecule has 2 N–H and O–H groups in total. The highest BCUT2D eigenvalue weighted by Crippen LogP contribution is 2.26. The molecule has 4 rings (SSSR count). The zero-order valence-electron chi connectivity index (χ0n) is 21.7. The topological polar surface area (TPSA) is 66.4 Å². The minimum atomic E-state index is -0.960. The van der Waals surface area contributed by atoms with Crippen LogP contribution in [0.4, 0.5) is 0 Å². The van der Waals surface area contributed by atoms with Gasteiger partial charge in [-0.05, 0) is 51.9 Å². The maximum Gasteiger partial charge on any atom is 0.326 e. The van der Waals surface area contributed by atoms with Gasteiger partial charge in [0.15, 0.2) is 0 Å². The maximum atomic E-state index is 13.7. The van der Waals surface area contributed by atoms with Crippen LogP contribution >= 0.6 is 0 Å². The van der Waals surface area contributed by atoms with Crippen molar-refractivity contribution in [2.75, 3.05) is 0 Å². The van der Waals surface area contributed by atoms with Crippen molar-refractivity contribution in [2.24, 2.45) is 5.92 Å². The van der Waals surface area contributed by atoms with E-state index in [2.05, 4.69) is 60.8 Å². The largest absolute Gasteiger partial charge is 0.480 e. The lowest BCUT2D eigenvalue weighted by atomic mass is 9.87. The van der Waals surface area contributed by atoms with Crippen LogP contribution in [0.5, 0.6) is 0 Å². The number of benzene rings is 4. The fourth-order valence-corrected chi connectivity index (χ4v) is 5.23. The van der Waals surface area contributed by atoms with Gasteiger partial charge in [-0.3, -0.25) is 4.79 Å². The fraction of sp³-hybridized carbons (Fsp3) is 0.333. The summed E-state index contributed by atoms with van der Waals surface area (Å²) in [5, 5.41) is 17.3. The SMILES string of the molecule is CCCCCCC[C@H](NC(=O)C(Cc1cccc2ccccc12)Cc1cccc2ccccc12)C(=O)O. The molecule has 0 saturated carbocycles. The predicted octanol–water partition coefficient (Wildman–Crippen LogP) is 7.32. The Morgan fingerprint density at radius 2 is 1.22 bits per heavy atom. The summed E-state index contributed by atoms with van der Waals surface area (Å²) in [6, 6.07) is 27.9. The van der Waals surface area contributed by atoms with Crippen LogP contribution in [0.3, 0.4) is 0 Å². The summed E-state index contributed by atoms with van der Waals surface area (Å²) < 4.78 is 0. The summed E-state index contributed by atoms with van der Waals surface area (Å²) in [5.41, 5.74) is 2.20. The van der Waals surface area contributed by atoms with E-state index < -0.39 is 17.9 Å². The number of aliphatic carboxylic acids is 1. The number of carbonyl (C=O) groups excluding carboxylic acids is 1. The second kappa shape index (κ2) is 13.0. The van der Waals surface area contributed by atoms with Crippen LogP contribution in [0.25, 0.3) is 21.5 Å². The molecule has 4 heteroatoms. The van der Waals surface area contributed by atoms with Gasteiger partial charge in [-0.1, -0.05) is 124 Å². The Morgan fingerprint density at radius 1 is 0.703 bits per heavy atom.